The molecule has 4 aromatic carbocycles. The van der Waals surface area contributed by atoms with E-state index in [4.69, 9.17) is 9.47 Å². The number of nitrogens with zero attached hydrogens (tertiary/aromatic N) is 2. The maximum atomic E-state index is 11.6. The second kappa shape index (κ2) is 14.0. The molecule has 0 aromatic heterocycles. The van der Waals surface area contributed by atoms with E-state index < -0.39 is 0 Å². The lowest BCUT2D eigenvalue weighted by molar-refractivity contribution is -0.127. The minimum absolute atomic E-state index is 0.0531. The van der Waals surface area contributed by atoms with Crippen LogP contribution in [0.4, 0.5) is 0 Å². The number of rotatable bonds is 12. The normalized spacial score (nSPS) is 12.0. The Morgan fingerprint density at radius 3 is 2.49 bits per heavy atom. The van der Waals surface area contributed by atoms with E-state index in [1.54, 1.807) is 17.9 Å². The summed E-state index contributed by atoms with van der Waals surface area (Å²) in [5.41, 5.74) is 10.0. The van der Waals surface area contributed by atoms with Gasteiger partial charge in [-0.3, -0.25) is 4.79 Å². The van der Waals surface area contributed by atoms with Crippen LogP contribution in [-0.4, -0.2) is 30.9 Å². The van der Waals surface area contributed by atoms with Gasteiger partial charge in [-0.25, -0.2) is 0 Å². The minimum Gasteiger partial charge on any atom is -0.488 e. The molecule has 0 saturated carbocycles. The van der Waals surface area contributed by atoms with Gasteiger partial charge in [0, 0.05) is 45.2 Å². The van der Waals surface area contributed by atoms with Crippen LogP contribution in [0.2, 0.25) is 0 Å². The van der Waals surface area contributed by atoms with E-state index in [0.717, 1.165) is 47.5 Å². The van der Waals surface area contributed by atoms with E-state index in [0.29, 0.717) is 38.4 Å². The number of hydrogen-bond donors (Lipinski definition) is 1. The Morgan fingerprint density at radius 2 is 1.70 bits per heavy atom. The second-order valence-electron chi connectivity index (χ2n) is 11.1. The molecule has 0 saturated heterocycles. The Morgan fingerprint density at radius 1 is 0.930 bits per heavy atom. The third kappa shape index (κ3) is 7.25. The van der Waals surface area contributed by atoms with Crippen molar-refractivity contribution in [2.75, 3.05) is 20.1 Å². The lowest BCUT2D eigenvalue weighted by atomic mass is 9.97. The van der Waals surface area contributed by atoms with Gasteiger partial charge in [-0.2, -0.15) is 5.26 Å². The summed E-state index contributed by atoms with van der Waals surface area (Å²) in [5.74, 6) is 1.72. The van der Waals surface area contributed by atoms with Crippen LogP contribution in [0.5, 0.6) is 11.5 Å². The molecule has 1 amide bonds. The van der Waals surface area contributed by atoms with E-state index in [1.165, 1.54) is 27.8 Å². The molecule has 0 spiro atoms. The Bertz CT molecular complexity index is 1620. The van der Waals surface area contributed by atoms with Crippen LogP contribution in [0.1, 0.15) is 52.3 Å². The van der Waals surface area contributed by atoms with Gasteiger partial charge in [-0.05, 0) is 77.3 Å². The number of fused-ring (bicyclic) bond motifs is 1. The monoisotopic (exact) mass is 573 g/mol. The fourth-order valence-corrected chi connectivity index (χ4v) is 5.68. The highest BCUT2D eigenvalue weighted by Crippen LogP contribution is 2.40. The fourth-order valence-electron chi connectivity index (χ4n) is 5.68. The number of benzene rings is 4. The minimum atomic E-state index is 0.0531. The van der Waals surface area contributed by atoms with Gasteiger partial charge in [-0.1, -0.05) is 60.7 Å². The summed E-state index contributed by atoms with van der Waals surface area (Å²) in [6, 6.07) is 28.6. The first-order valence-electron chi connectivity index (χ1n) is 14.9. The number of carbonyl (C=O) groups is 1. The van der Waals surface area contributed by atoms with Gasteiger partial charge in [0.15, 0.2) is 0 Å². The molecule has 43 heavy (non-hydrogen) atoms. The lowest BCUT2D eigenvalue weighted by Gasteiger charge is -2.21. The lowest BCUT2D eigenvalue weighted by Crippen LogP contribution is -2.32. The topological polar surface area (TPSA) is 74.6 Å². The van der Waals surface area contributed by atoms with Crippen LogP contribution in [0.15, 0.2) is 78.9 Å². The first kappa shape index (κ1) is 29.9. The Hall–Kier alpha value is -4.60. The summed E-state index contributed by atoms with van der Waals surface area (Å²) in [5, 5.41) is 12.9. The van der Waals surface area contributed by atoms with Crippen LogP contribution < -0.4 is 14.8 Å². The quantitative estimate of drug-likeness (QED) is 0.190. The highest BCUT2D eigenvalue weighted by Gasteiger charge is 2.24. The average molecular weight is 574 g/mol. The van der Waals surface area contributed by atoms with Gasteiger partial charge in [0.05, 0.1) is 11.6 Å². The maximum absolute atomic E-state index is 11.6. The summed E-state index contributed by atoms with van der Waals surface area (Å²) in [4.78, 5) is 13.3. The number of nitriles is 1. The third-order valence-electron chi connectivity index (χ3n) is 8.27. The molecule has 1 aliphatic rings. The molecule has 1 aliphatic carbocycles. The Kier molecular flexibility index (Phi) is 9.76. The fraction of sp³-hybridized carbons (Fsp3) is 0.297. The van der Waals surface area contributed by atoms with Crippen molar-refractivity contribution in [1.29, 1.82) is 5.26 Å². The van der Waals surface area contributed by atoms with Crippen LogP contribution in [0, 0.1) is 18.3 Å². The summed E-state index contributed by atoms with van der Waals surface area (Å²) in [7, 11) is 1.81. The SMILES string of the molecule is CC(=O)N(C)CCNCc1c(OCc2cccc(C#N)c2)cc(OCc2cccc(-c3ccccc3)c2C)c2c1CCC2. The molecule has 0 atom stereocenters. The predicted molar refractivity (Wildman–Crippen MR) is 170 cm³/mol. The van der Waals surface area contributed by atoms with E-state index in [1.807, 2.05) is 37.4 Å². The molecule has 220 valence electrons. The first-order chi connectivity index (χ1) is 20.9. The summed E-state index contributed by atoms with van der Waals surface area (Å²) in [6.45, 7) is 6.52. The maximum Gasteiger partial charge on any atom is 0.219 e. The highest BCUT2D eigenvalue weighted by molar-refractivity contribution is 5.72. The number of ether oxygens (including phenoxy) is 2. The number of carbonyl (C=O) groups excluding carboxylic acids is 1. The smallest absolute Gasteiger partial charge is 0.219 e. The zero-order chi connectivity index (χ0) is 30.2. The molecular formula is C37H39N3O3. The molecule has 0 unspecified atom stereocenters. The van der Waals surface area contributed by atoms with Gasteiger partial charge in [-0.15, -0.1) is 0 Å². The van der Waals surface area contributed by atoms with Gasteiger partial charge in [0.25, 0.3) is 0 Å². The second-order valence-corrected chi connectivity index (χ2v) is 11.1. The number of hydrogen-bond acceptors (Lipinski definition) is 5. The van der Waals surface area contributed by atoms with Crippen molar-refractivity contribution >= 4 is 5.91 Å². The number of nitrogens with one attached hydrogen (secondary N) is 1. The van der Waals surface area contributed by atoms with Gasteiger partial charge in [0.1, 0.15) is 24.7 Å². The van der Waals surface area contributed by atoms with Crippen LogP contribution in [0.25, 0.3) is 11.1 Å². The van der Waals surface area contributed by atoms with Gasteiger partial charge < -0.3 is 19.7 Å². The van der Waals surface area contributed by atoms with Crippen LogP contribution in [0.3, 0.4) is 0 Å². The summed E-state index contributed by atoms with van der Waals surface area (Å²) < 4.78 is 13.1. The van der Waals surface area contributed by atoms with E-state index >= 15 is 0 Å². The predicted octanol–water partition coefficient (Wildman–Crippen LogP) is 6.75. The van der Waals surface area contributed by atoms with Gasteiger partial charge in [0.2, 0.25) is 5.91 Å². The van der Waals surface area contributed by atoms with Crippen LogP contribution in [-0.2, 0) is 37.4 Å². The average Bonchev–Trinajstić information content (AvgIpc) is 3.53. The zero-order valence-electron chi connectivity index (χ0n) is 25.3. The van der Waals surface area contributed by atoms with Crippen molar-refractivity contribution in [2.24, 2.45) is 0 Å². The molecular weight excluding hydrogens is 534 g/mol. The van der Waals surface area contributed by atoms with E-state index in [-0.39, 0.29) is 5.91 Å². The largest absolute Gasteiger partial charge is 0.488 e. The molecule has 0 radical (unpaired) electrons. The van der Waals surface area contributed by atoms with Crippen molar-refractivity contribution in [1.82, 2.24) is 10.2 Å². The van der Waals surface area contributed by atoms with Crippen molar-refractivity contribution in [2.45, 2.75) is 52.9 Å². The van der Waals surface area contributed by atoms with Crippen LogP contribution >= 0.6 is 0 Å². The standard InChI is InChI=1S/C37H39N3O3/c1-26-31(14-8-15-32(26)30-12-5-4-6-13-30)25-43-36-21-37(42-24-29-11-7-10-28(20-29)22-38)35(33-16-9-17-34(33)36)23-39-18-19-40(3)27(2)41/h4-8,10-15,20-21,39H,9,16-19,23-25H2,1-3H3. The van der Waals surface area contributed by atoms with Crippen molar-refractivity contribution in [3.63, 3.8) is 0 Å². The molecule has 0 aliphatic heterocycles. The van der Waals surface area contributed by atoms with Crippen molar-refractivity contribution in [3.8, 4) is 28.7 Å². The van der Waals surface area contributed by atoms with Crippen molar-refractivity contribution < 1.29 is 14.3 Å². The molecule has 5 rings (SSSR count). The molecule has 1 N–H and O–H groups in total. The molecule has 4 aromatic rings. The Balaban J connectivity index is 1.40. The highest BCUT2D eigenvalue weighted by atomic mass is 16.5. The van der Waals surface area contributed by atoms with Gasteiger partial charge >= 0.3 is 0 Å². The Labute approximate surface area is 254 Å². The van der Waals surface area contributed by atoms with E-state index in [2.05, 4.69) is 60.8 Å². The molecule has 6 nitrogen and oxygen atoms in total. The van der Waals surface area contributed by atoms with E-state index in [9.17, 15) is 10.1 Å². The molecule has 0 fully saturated rings. The summed E-state index contributed by atoms with van der Waals surface area (Å²) >= 11 is 0. The number of likely N-dealkylation sites (N-methyl/N-ethyl adjacent to an activating group) is 1. The van der Waals surface area contributed by atoms with Crippen molar-refractivity contribution in [3.05, 3.63) is 118 Å². The molecule has 0 heterocycles. The summed E-state index contributed by atoms with van der Waals surface area (Å²) in [6.07, 6.45) is 3.01. The zero-order valence-corrected chi connectivity index (χ0v) is 25.3. The molecule has 0 bridgehead atoms. The number of amides is 1. The third-order valence-corrected chi connectivity index (χ3v) is 8.27. The molecule has 6 heteroatoms. The first-order valence-corrected chi connectivity index (χ1v) is 14.9.